The van der Waals surface area contributed by atoms with E-state index in [1.165, 1.54) is 0 Å². The van der Waals surface area contributed by atoms with Gasteiger partial charge in [-0.15, -0.1) is 10.2 Å². The Bertz CT molecular complexity index is 793. The fourth-order valence-corrected chi connectivity index (χ4v) is 2.24. The summed E-state index contributed by atoms with van der Waals surface area (Å²) in [6.45, 7) is 6.34. The molecule has 0 fully saturated rings. The Labute approximate surface area is 129 Å². The lowest BCUT2D eigenvalue weighted by Gasteiger charge is -2.07. The standard InChI is InChI=1S/C18H18N2O2/c1-12-8-9-14(3)16(10-12)21-11-17-19-20-18(22-17)15-7-5-4-6-13(15)2/h4-10H,11H2,1-3H3. The maximum Gasteiger partial charge on any atom is 0.254 e. The zero-order valence-electron chi connectivity index (χ0n) is 13.0. The minimum Gasteiger partial charge on any atom is -0.484 e. The second-order valence-electron chi connectivity index (χ2n) is 5.37. The summed E-state index contributed by atoms with van der Waals surface area (Å²) in [6.07, 6.45) is 0. The molecule has 0 spiro atoms. The smallest absolute Gasteiger partial charge is 0.254 e. The molecule has 0 saturated heterocycles. The van der Waals surface area contributed by atoms with Gasteiger partial charge in [0.05, 0.1) is 0 Å². The van der Waals surface area contributed by atoms with Crippen LogP contribution >= 0.6 is 0 Å². The molecule has 3 rings (SSSR count). The van der Waals surface area contributed by atoms with Crippen molar-refractivity contribution in [1.29, 1.82) is 0 Å². The first-order chi connectivity index (χ1) is 10.6. The van der Waals surface area contributed by atoms with E-state index in [1.807, 2.05) is 57.2 Å². The van der Waals surface area contributed by atoms with Crippen molar-refractivity contribution in [3.8, 4) is 17.2 Å². The van der Waals surface area contributed by atoms with Gasteiger partial charge in [-0.1, -0.05) is 30.3 Å². The number of aromatic nitrogens is 2. The van der Waals surface area contributed by atoms with Crippen LogP contribution in [0, 0.1) is 20.8 Å². The maximum absolute atomic E-state index is 5.79. The zero-order chi connectivity index (χ0) is 15.5. The first-order valence-electron chi connectivity index (χ1n) is 7.22. The Morgan fingerprint density at radius 3 is 2.59 bits per heavy atom. The van der Waals surface area contributed by atoms with Gasteiger partial charge in [0.25, 0.3) is 5.89 Å². The van der Waals surface area contributed by atoms with Crippen molar-refractivity contribution >= 4 is 0 Å². The number of ether oxygens (including phenoxy) is 1. The molecule has 2 aromatic carbocycles. The molecule has 0 amide bonds. The van der Waals surface area contributed by atoms with E-state index < -0.39 is 0 Å². The molecule has 0 saturated carbocycles. The van der Waals surface area contributed by atoms with Crippen molar-refractivity contribution in [1.82, 2.24) is 10.2 Å². The second-order valence-corrected chi connectivity index (χ2v) is 5.37. The van der Waals surface area contributed by atoms with Crippen LogP contribution in [0.2, 0.25) is 0 Å². The topological polar surface area (TPSA) is 48.2 Å². The van der Waals surface area contributed by atoms with E-state index in [-0.39, 0.29) is 6.61 Å². The molecule has 112 valence electrons. The largest absolute Gasteiger partial charge is 0.484 e. The molecule has 4 nitrogen and oxygen atoms in total. The van der Waals surface area contributed by atoms with E-state index in [2.05, 4.69) is 16.3 Å². The number of aryl methyl sites for hydroxylation is 3. The summed E-state index contributed by atoms with van der Waals surface area (Å²) in [5.74, 6) is 1.84. The fraction of sp³-hybridized carbons (Fsp3) is 0.222. The molecule has 0 N–H and O–H groups in total. The van der Waals surface area contributed by atoms with Gasteiger partial charge < -0.3 is 9.15 Å². The van der Waals surface area contributed by atoms with Crippen molar-refractivity contribution < 1.29 is 9.15 Å². The lowest BCUT2D eigenvalue weighted by Crippen LogP contribution is -1.97. The number of nitrogens with zero attached hydrogens (tertiary/aromatic N) is 2. The van der Waals surface area contributed by atoms with Gasteiger partial charge in [-0.2, -0.15) is 0 Å². The third kappa shape index (κ3) is 3.01. The fourth-order valence-electron chi connectivity index (χ4n) is 2.24. The molecule has 0 aliphatic heterocycles. The van der Waals surface area contributed by atoms with Crippen molar-refractivity contribution in [2.45, 2.75) is 27.4 Å². The van der Waals surface area contributed by atoms with Crippen LogP contribution in [0.1, 0.15) is 22.6 Å². The van der Waals surface area contributed by atoms with Gasteiger partial charge in [0.1, 0.15) is 5.75 Å². The number of benzene rings is 2. The van der Waals surface area contributed by atoms with E-state index in [9.17, 15) is 0 Å². The molecule has 0 radical (unpaired) electrons. The summed E-state index contributed by atoms with van der Waals surface area (Å²) in [7, 11) is 0. The molecule has 0 aliphatic carbocycles. The zero-order valence-corrected chi connectivity index (χ0v) is 13.0. The van der Waals surface area contributed by atoms with Crippen molar-refractivity contribution in [2.75, 3.05) is 0 Å². The van der Waals surface area contributed by atoms with Gasteiger partial charge in [-0.05, 0) is 49.6 Å². The SMILES string of the molecule is Cc1ccc(C)c(OCc2nnc(-c3ccccc3C)o2)c1. The van der Waals surface area contributed by atoms with Gasteiger partial charge in [-0.25, -0.2) is 0 Å². The lowest BCUT2D eigenvalue weighted by atomic mass is 10.1. The summed E-state index contributed by atoms with van der Waals surface area (Å²) in [5, 5.41) is 8.16. The Hall–Kier alpha value is -2.62. The van der Waals surface area contributed by atoms with Crippen molar-refractivity contribution in [3.63, 3.8) is 0 Å². The summed E-state index contributed by atoms with van der Waals surface area (Å²) in [6, 6.07) is 14.0. The van der Waals surface area contributed by atoms with Crippen LogP contribution in [0.25, 0.3) is 11.5 Å². The molecule has 4 heteroatoms. The Kier molecular flexibility index (Phi) is 3.92. The van der Waals surface area contributed by atoms with E-state index in [0.717, 1.165) is 28.0 Å². The summed E-state index contributed by atoms with van der Waals surface area (Å²) in [5.41, 5.74) is 4.30. The number of hydrogen-bond donors (Lipinski definition) is 0. The number of rotatable bonds is 4. The van der Waals surface area contributed by atoms with Crippen LogP contribution in [0.4, 0.5) is 0 Å². The number of hydrogen-bond acceptors (Lipinski definition) is 4. The third-order valence-electron chi connectivity index (χ3n) is 3.54. The quantitative estimate of drug-likeness (QED) is 0.722. The predicted octanol–water partition coefficient (Wildman–Crippen LogP) is 4.24. The highest BCUT2D eigenvalue weighted by atomic mass is 16.5. The third-order valence-corrected chi connectivity index (χ3v) is 3.54. The molecule has 0 atom stereocenters. The normalized spacial score (nSPS) is 10.7. The summed E-state index contributed by atoms with van der Waals surface area (Å²) in [4.78, 5) is 0. The lowest BCUT2D eigenvalue weighted by molar-refractivity contribution is 0.263. The average molecular weight is 294 g/mol. The molecular weight excluding hydrogens is 276 g/mol. The first-order valence-corrected chi connectivity index (χ1v) is 7.22. The average Bonchev–Trinajstić information content (AvgIpc) is 2.97. The van der Waals surface area contributed by atoms with E-state index >= 15 is 0 Å². The molecule has 0 aliphatic rings. The van der Waals surface area contributed by atoms with E-state index in [4.69, 9.17) is 9.15 Å². The molecule has 22 heavy (non-hydrogen) atoms. The van der Waals surface area contributed by atoms with Gasteiger partial charge in [0.2, 0.25) is 5.89 Å². The summed E-state index contributed by atoms with van der Waals surface area (Å²) >= 11 is 0. The molecule has 3 aromatic rings. The van der Waals surface area contributed by atoms with Gasteiger partial charge >= 0.3 is 0 Å². The maximum atomic E-state index is 5.79. The van der Waals surface area contributed by atoms with E-state index in [1.54, 1.807) is 0 Å². The van der Waals surface area contributed by atoms with Crippen molar-refractivity contribution in [3.05, 3.63) is 65.0 Å². The Morgan fingerprint density at radius 1 is 0.955 bits per heavy atom. The van der Waals surface area contributed by atoms with Gasteiger partial charge in [0.15, 0.2) is 6.61 Å². The van der Waals surface area contributed by atoms with Crippen LogP contribution in [-0.2, 0) is 6.61 Å². The monoisotopic (exact) mass is 294 g/mol. The van der Waals surface area contributed by atoms with Crippen LogP contribution in [0.15, 0.2) is 46.9 Å². The Balaban J connectivity index is 1.75. The first kappa shape index (κ1) is 14.3. The van der Waals surface area contributed by atoms with Crippen LogP contribution in [0.5, 0.6) is 5.75 Å². The van der Waals surface area contributed by atoms with E-state index in [0.29, 0.717) is 11.8 Å². The van der Waals surface area contributed by atoms with Crippen LogP contribution < -0.4 is 4.74 Å². The molecule has 1 heterocycles. The molecule has 0 unspecified atom stereocenters. The molecule has 0 bridgehead atoms. The van der Waals surface area contributed by atoms with Gasteiger partial charge in [0, 0.05) is 5.56 Å². The minimum atomic E-state index is 0.267. The summed E-state index contributed by atoms with van der Waals surface area (Å²) < 4.78 is 11.5. The highest BCUT2D eigenvalue weighted by molar-refractivity contribution is 5.57. The second kappa shape index (κ2) is 6.02. The highest BCUT2D eigenvalue weighted by Crippen LogP contribution is 2.23. The minimum absolute atomic E-state index is 0.267. The highest BCUT2D eigenvalue weighted by Gasteiger charge is 2.11. The van der Waals surface area contributed by atoms with Gasteiger partial charge in [-0.3, -0.25) is 0 Å². The Morgan fingerprint density at radius 2 is 1.77 bits per heavy atom. The molecular formula is C18H18N2O2. The van der Waals surface area contributed by atoms with Crippen molar-refractivity contribution in [2.24, 2.45) is 0 Å². The molecule has 1 aromatic heterocycles. The van der Waals surface area contributed by atoms with Crippen LogP contribution in [0.3, 0.4) is 0 Å². The van der Waals surface area contributed by atoms with Crippen LogP contribution in [-0.4, -0.2) is 10.2 Å². The predicted molar refractivity (Wildman–Crippen MR) is 84.7 cm³/mol.